The van der Waals surface area contributed by atoms with Gasteiger partial charge in [-0.25, -0.2) is 4.39 Å². The molecule has 2 aromatic rings. The molecule has 1 atom stereocenters. The lowest BCUT2D eigenvalue weighted by Crippen LogP contribution is -2.27. The van der Waals surface area contributed by atoms with Crippen LogP contribution in [0.2, 0.25) is 0 Å². The van der Waals surface area contributed by atoms with Gasteiger partial charge in [0.1, 0.15) is 11.5 Å². The fourth-order valence-electron chi connectivity index (χ4n) is 1.39. The summed E-state index contributed by atoms with van der Waals surface area (Å²) in [5.74, 6) is -0.700. The number of ketones is 1. The van der Waals surface area contributed by atoms with E-state index < -0.39 is 11.9 Å². The molecule has 2 rings (SSSR count). The lowest BCUT2D eigenvalue weighted by atomic mass is 10.1. The molecule has 3 N–H and O–H groups in total. The Morgan fingerprint density at radius 1 is 1.60 bits per heavy atom. The van der Waals surface area contributed by atoms with Gasteiger partial charge in [-0.2, -0.15) is 5.10 Å². The van der Waals surface area contributed by atoms with Crippen molar-refractivity contribution in [1.82, 2.24) is 10.2 Å². The quantitative estimate of drug-likeness (QED) is 0.727. The minimum absolute atomic E-state index is 0.194. The Bertz CT molecular complexity index is 518. The van der Waals surface area contributed by atoms with Crippen LogP contribution in [0.1, 0.15) is 17.4 Å². The van der Waals surface area contributed by atoms with E-state index in [0.717, 1.165) is 0 Å². The lowest BCUT2D eigenvalue weighted by Gasteiger charge is -2.00. The zero-order valence-corrected chi connectivity index (χ0v) is 8.12. The number of aromatic nitrogens is 2. The highest BCUT2D eigenvalue weighted by molar-refractivity contribution is 6.08. The smallest absolute Gasteiger partial charge is 0.200 e. The van der Waals surface area contributed by atoms with Crippen molar-refractivity contribution in [1.29, 1.82) is 0 Å². The number of fused-ring (bicyclic) bond motifs is 1. The molecule has 5 heteroatoms. The lowest BCUT2D eigenvalue weighted by molar-refractivity contribution is 0.0964. The Morgan fingerprint density at radius 3 is 3.00 bits per heavy atom. The molecule has 0 saturated carbocycles. The van der Waals surface area contributed by atoms with Crippen molar-refractivity contribution in [2.24, 2.45) is 5.73 Å². The van der Waals surface area contributed by atoms with E-state index in [-0.39, 0.29) is 11.5 Å². The number of H-pyrrole nitrogens is 1. The highest BCUT2D eigenvalue weighted by Gasteiger charge is 2.17. The predicted octanol–water partition coefficient (Wildman–Crippen LogP) is 1.23. The normalized spacial score (nSPS) is 13.0. The summed E-state index contributed by atoms with van der Waals surface area (Å²) in [6.07, 6.45) is 0. The first-order valence-corrected chi connectivity index (χ1v) is 4.53. The number of Topliss-reactive ketones (excluding diaryl/α,β-unsaturated/α-hetero) is 1. The van der Waals surface area contributed by atoms with Gasteiger partial charge in [-0.05, 0) is 25.1 Å². The Morgan fingerprint density at radius 2 is 2.33 bits per heavy atom. The van der Waals surface area contributed by atoms with Crippen molar-refractivity contribution in [3.05, 3.63) is 29.7 Å². The second-order valence-electron chi connectivity index (χ2n) is 3.42. The molecule has 0 spiro atoms. The summed E-state index contributed by atoms with van der Waals surface area (Å²) in [7, 11) is 0. The molecular formula is C10H10FN3O. The average Bonchev–Trinajstić information content (AvgIpc) is 2.59. The standard InChI is InChI=1S/C10H10FN3O/c1-5(12)10(15)9-7-4-6(11)2-3-8(7)13-14-9/h2-5H,12H2,1H3,(H,13,14). The molecule has 0 fully saturated rings. The molecule has 0 aliphatic carbocycles. The zero-order valence-electron chi connectivity index (χ0n) is 8.12. The minimum Gasteiger partial charge on any atom is -0.321 e. The van der Waals surface area contributed by atoms with E-state index in [2.05, 4.69) is 10.2 Å². The number of nitrogens with one attached hydrogen (secondary N) is 1. The number of rotatable bonds is 2. The molecule has 0 bridgehead atoms. The number of benzene rings is 1. The summed E-state index contributed by atoms with van der Waals surface area (Å²) in [6.45, 7) is 1.57. The third-order valence-electron chi connectivity index (χ3n) is 2.17. The number of aromatic amines is 1. The van der Waals surface area contributed by atoms with E-state index in [0.29, 0.717) is 10.9 Å². The second-order valence-corrected chi connectivity index (χ2v) is 3.42. The van der Waals surface area contributed by atoms with Crippen LogP contribution in [0.4, 0.5) is 4.39 Å². The van der Waals surface area contributed by atoms with Gasteiger partial charge in [0.25, 0.3) is 0 Å². The van der Waals surface area contributed by atoms with Gasteiger partial charge in [0.05, 0.1) is 11.6 Å². The second kappa shape index (κ2) is 3.43. The van der Waals surface area contributed by atoms with Gasteiger partial charge in [-0.3, -0.25) is 9.89 Å². The monoisotopic (exact) mass is 207 g/mol. The molecular weight excluding hydrogens is 197 g/mol. The van der Waals surface area contributed by atoms with Crippen molar-refractivity contribution in [3.8, 4) is 0 Å². The molecule has 15 heavy (non-hydrogen) atoms. The van der Waals surface area contributed by atoms with Crippen LogP contribution in [0.15, 0.2) is 18.2 Å². The molecule has 1 aromatic heterocycles. The maximum absolute atomic E-state index is 13.0. The van der Waals surface area contributed by atoms with Gasteiger partial charge in [-0.15, -0.1) is 0 Å². The first-order chi connectivity index (χ1) is 7.09. The number of nitrogens with two attached hydrogens (primary N) is 1. The SMILES string of the molecule is CC(N)C(=O)c1n[nH]c2ccc(F)cc12. The fourth-order valence-corrected chi connectivity index (χ4v) is 1.39. The van der Waals surface area contributed by atoms with Crippen LogP contribution in [0, 0.1) is 5.82 Å². The van der Waals surface area contributed by atoms with Gasteiger partial charge in [0, 0.05) is 5.39 Å². The Kier molecular flexibility index (Phi) is 2.24. The predicted molar refractivity (Wildman–Crippen MR) is 54.0 cm³/mol. The van der Waals surface area contributed by atoms with Crippen LogP contribution >= 0.6 is 0 Å². The third-order valence-corrected chi connectivity index (χ3v) is 2.17. The first-order valence-electron chi connectivity index (χ1n) is 4.53. The van der Waals surface area contributed by atoms with E-state index in [4.69, 9.17) is 5.73 Å². The summed E-state index contributed by atoms with van der Waals surface area (Å²) in [6, 6.07) is 3.48. The number of hydrogen-bond donors (Lipinski definition) is 2. The van der Waals surface area contributed by atoms with Gasteiger partial charge in [0.15, 0.2) is 5.78 Å². The van der Waals surface area contributed by atoms with E-state index in [1.807, 2.05) is 0 Å². The van der Waals surface area contributed by atoms with Gasteiger partial charge < -0.3 is 5.73 Å². The zero-order chi connectivity index (χ0) is 11.0. The average molecular weight is 207 g/mol. The molecule has 4 nitrogen and oxygen atoms in total. The maximum Gasteiger partial charge on any atom is 0.200 e. The van der Waals surface area contributed by atoms with Crippen LogP contribution in [-0.2, 0) is 0 Å². The van der Waals surface area contributed by atoms with Crippen LogP contribution < -0.4 is 5.73 Å². The molecule has 78 valence electrons. The van der Waals surface area contributed by atoms with Crippen LogP contribution in [0.3, 0.4) is 0 Å². The summed E-state index contributed by atoms with van der Waals surface area (Å²) in [4.78, 5) is 11.6. The Balaban J connectivity index is 2.62. The van der Waals surface area contributed by atoms with E-state index >= 15 is 0 Å². The fraction of sp³-hybridized carbons (Fsp3) is 0.200. The third kappa shape index (κ3) is 1.61. The molecule has 1 unspecified atom stereocenters. The molecule has 0 saturated heterocycles. The highest BCUT2D eigenvalue weighted by Crippen LogP contribution is 2.17. The van der Waals surface area contributed by atoms with Crippen molar-refractivity contribution in [2.45, 2.75) is 13.0 Å². The first kappa shape index (κ1) is 9.79. The molecule has 0 aliphatic rings. The van der Waals surface area contributed by atoms with Crippen LogP contribution in [0.25, 0.3) is 10.9 Å². The summed E-state index contributed by atoms with van der Waals surface area (Å²) in [5, 5.41) is 6.96. The minimum atomic E-state index is -0.639. The number of halogens is 1. The molecule has 1 heterocycles. The Labute approximate surface area is 85.3 Å². The topological polar surface area (TPSA) is 71.8 Å². The summed E-state index contributed by atoms with van der Waals surface area (Å²) < 4.78 is 13.0. The molecule has 1 aromatic carbocycles. The van der Waals surface area contributed by atoms with Crippen LogP contribution in [0.5, 0.6) is 0 Å². The van der Waals surface area contributed by atoms with Crippen molar-refractivity contribution >= 4 is 16.7 Å². The number of carbonyl (C=O) groups is 1. The van der Waals surface area contributed by atoms with E-state index in [9.17, 15) is 9.18 Å². The van der Waals surface area contributed by atoms with Gasteiger partial charge >= 0.3 is 0 Å². The van der Waals surface area contributed by atoms with Crippen molar-refractivity contribution in [3.63, 3.8) is 0 Å². The molecule has 0 amide bonds. The Hall–Kier alpha value is -1.75. The number of nitrogens with zero attached hydrogens (tertiary/aromatic N) is 1. The van der Waals surface area contributed by atoms with E-state index in [1.165, 1.54) is 18.2 Å². The van der Waals surface area contributed by atoms with Crippen molar-refractivity contribution < 1.29 is 9.18 Å². The molecule has 0 radical (unpaired) electrons. The highest BCUT2D eigenvalue weighted by atomic mass is 19.1. The van der Waals surface area contributed by atoms with Crippen LogP contribution in [-0.4, -0.2) is 22.0 Å². The number of carbonyl (C=O) groups excluding carboxylic acids is 1. The van der Waals surface area contributed by atoms with Gasteiger partial charge in [-0.1, -0.05) is 0 Å². The molecule has 0 aliphatic heterocycles. The maximum atomic E-state index is 13.0. The summed E-state index contributed by atoms with van der Waals surface area (Å²) >= 11 is 0. The summed E-state index contributed by atoms with van der Waals surface area (Å²) in [5.41, 5.74) is 6.28. The number of hydrogen-bond acceptors (Lipinski definition) is 3. The van der Waals surface area contributed by atoms with Crippen molar-refractivity contribution in [2.75, 3.05) is 0 Å². The van der Waals surface area contributed by atoms with Gasteiger partial charge in [0.2, 0.25) is 0 Å². The van der Waals surface area contributed by atoms with E-state index in [1.54, 1.807) is 6.92 Å². The largest absolute Gasteiger partial charge is 0.321 e.